The van der Waals surface area contributed by atoms with Crippen LogP contribution >= 0.6 is 11.6 Å². The van der Waals surface area contributed by atoms with Crippen LogP contribution in [0.5, 0.6) is 5.75 Å². The first kappa shape index (κ1) is 27.8. The van der Waals surface area contributed by atoms with E-state index in [2.05, 4.69) is 5.32 Å². The van der Waals surface area contributed by atoms with Gasteiger partial charge >= 0.3 is 0 Å². The molecule has 0 spiro atoms. The van der Waals surface area contributed by atoms with Crippen LogP contribution < -0.4 is 14.4 Å². The number of benzene rings is 2. The topological polar surface area (TPSA) is 96.0 Å². The van der Waals surface area contributed by atoms with Crippen LogP contribution in [0, 0.1) is 0 Å². The fourth-order valence-electron chi connectivity index (χ4n) is 4.46. The standard InChI is InChI=1S/C26H34ClN3O5S/c1-4-24(26(32)28-21-9-5-6-10-21)29(17-19-12-14-23(35-2)15-13-19)25(31)18-30(36(3,33)34)22-11-7-8-20(27)16-22/h7-8,11-16,21,24H,4-6,9-10,17-18H2,1-3H3,(H,28,32)/t24-/m1/s1. The Morgan fingerprint density at radius 3 is 2.36 bits per heavy atom. The van der Waals surface area contributed by atoms with E-state index in [1.165, 1.54) is 11.0 Å². The first-order chi connectivity index (χ1) is 17.1. The van der Waals surface area contributed by atoms with Crippen molar-refractivity contribution in [1.29, 1.82) is 0 Å². The second-order valence-electron chi connectivity index (χ2n) is 9.03. The first-order valence-corrected chi connectivity index (χ1v) is 14.3. The van der Waals surface area contributed by atoms with Crippen molar-refractivity contribution < 1.29 is 22.7 Å². The highest BCUT2D eigenvalue weighted by molar-refractivity contribution is 7.92. The van der Waals surface area contributed by atoms with Crippen LogP contribution in [-0.2, 0) is 26.2 Å². The van der Waals surface area contributed by atoms with Crippen molar-refractivity contribution in [2.24, 2.45) is 0 Å². The molecule has 1 fully saturated rings. The number of methoxy groups -OCH3 is 1. The maximum Gasteiger partial charge on any atom is 0.244 e. The van der Waals surface area contributed by atoms with Gasteiger partial charge in [0.2, 0.25) is 21.8 Å². The van der Waals surface area contributed by atoms with Gasteiger partial charge in [0.1, 0.15) is 18.3 Å². The number of nitrogens with one attached hydrogen (secondary N) is 1. The molecule has 1 aliphatic rings. The SMILES string of the molecule is CC[C@H](C(=O)NC1CCCC1)N(Cc1ccc(OC)cc1)C(=O)CN(c1cccc(Cl)c1)S(C)(=O)=O. The zero-order chi connectivity index (χ0) is 26.3. The zero-order valence-corrected chi connectivity index (χ0v) is 22.5. The molecule has 0 radical (unpaired) electrons. The smallest absolute Gasteiger partial charge is 0.244 e. The van der Waals surface area contributed by atoms with Gasteiger partial charge in [-0.25, -0.2) is 8.42 Å². The van der Waals surface area contributed by atoms with Crippen LogP contribution in [0.3, 0.4) is 0 Å². The Labute approximate surface area is 218 Å². The molecular weight excluding hydrogens is 502 g/mol. The molecule has 2 amide bonds. The van der Waals surface area contributed by atoms with Crippen molar-refractivity contribution in [2.45, 2.75) is 57.7 Å². The molecule has 2 aromatic rings. The van der Waals surface area contributed by atoms with Crippen LogP contribution in [0.2, 0.25) is 5.02 Å². The second-order valence-corrected chi connectivity index (χ2v) is 11.4. The molecule has 1 atom stereocenters. The molecule has 0 bridgehead atoms. The Morgan fingerprint density at radius 1 is 1.14 bits per heavy atom. The van der Waals surface area contributed by atoms with E-state index in [0.717, 1.165) is 41.8 Å². The van der Waals surface area contributed by atoms with Crippen molar-refractivity contribution in [3.05, 3.63) is 59.1 Å². The Balaban J connectivity index is 1.91. The maximum atomic E-state index is 13.7. The minimum Gasteiger partial charge on any atom is -0.497 e. The van der Waals surface area contributed by atoms with Crippen molar-refractivity contribution in [3.8, 4) is 5.75 Å². The number of amides is 2. The van der Waals surface area contributed by atoms with Crippen molar-refractivity contribution in [2.75, 3.05) is 24.2 Å². The highest BCUT2D eigenvalue weighted by Crippen LogP contribution is 2.24. The van der Waals surface area contributed by atoms with Gasteiger partial charge in [-0.3, -0.25) is 13.9 Å². The number of hydrogen-bond donors (Lipinski definition) is 1. The summed E-state index contributed by atoms with van der Waals surface area (Å²) in [7, 11) is -2.24. The lowest BCUT2D eigenvalue weighted by Crippen LogP contribution is -2.53. The Morgan fingerprint density at radius 2 is 1.81 bits per heavy atom. The van der Waals surface area contributed by atoms with E-state index in [1.54, 1.807) is 37.4 Å². The Hall–Kier alpha value is -2.78. The fourth-order valence-corrected chi connectivity index (χ4v) is 5.49. The third kappa shape index (κ3) is 7.36. The van der Waals surface area contributed by atoms with E-state index < -0.39 is 28.5 Å². The van der Waals surface area contributed by atoms with Gasteiger partial charge in [0, 0.05) is 17.6 Å². The lowest BCUT2D eigenvalue weighted by Gasteiger charge is -2.33. The molecule has 36 heavy (non-hydrogen) atoms. The lowest BCUT2D eigenvalue weighted by atomic mass is 10.1. The van der Waals surface area contributed by atoms with Crippen LogP contribution in [0.25, 0.3) is 0 Å². The number of hydrogen-bond acceptors (Lipinski definition) is 5. The Bertz CT molecular complexity index is 1150. The molecule has 1 aliphatic carbocycles. The summed E-state index contributed by atoms with van der Waals surface area (Å²) >= 11 is 6.09. The summed E-state index contributed by atoms with van der Waals surface area (Å²) in [6.45, 7) is 1.54. The number of anilines is 1. The molecule has 1 N–H and O–H groups in total. The normalized spacial score (nSPS) is 14.8. The Kier molecular flexibility index (Phi) is 9.62. The molecule has 0 aliphatic heterocycles. The van der Waals surface area contributed by atoms with Gasteiger partial charge < -0.3 is 15.0 Å². The largest absolute Gasteiger partial charge is 0.497 e. The number of rotatable bonds is 11. The molecule has 0 heterocycles. The molecule has 3 rings (SSSR count). The predicted octanol–water partition coefficient (Wildman–Crippen LogP) is 3.98. The first-order valence-electron chi connectivity index (χ1n) is 12.1. The molecule has 8 nitrogen and oxygen atoms in total. The van der Waals surface area contributed by atoms with Crippen molar-refractivity contribution in [1.82, 2.24) is 10.2 Å². The second kappa shape index (κ2) is 12.5. The van der Waals surface area contributed by atoms with Crippen molar-refractivity contribution >= 4 is 39.1 Å². The highest BCUT2D eigenvalue weighted by Gasteiger charge is 2.33. The fraction of sp³-hybridized carbons (Fsp3) is 0.462. The third-order valence-electron chi connectivity index (χ3n) is 6.37. The van der Waals surface area contributed by atoms with E-state index in [4.69, 9.17) is 16.3 Å². The molecule has 0 unspecified atom stereocenters. The zero-order valence-electron chi connectivity index (χ0n) is 20.9. The maximum absolute atomic E-state index is 13.7. The van der Waals surface area contributed by atoms with Crippen LogP contribution in [0.15, 0.2) is 48.5 Å². The van der Waals surface area contributed by atoms with Crippen molar-refractivity contribution in [3.63, 3.8) is 0 Å². The van der Waals surface area contributed by atoms with Gasteiger partial charge in [-0.05, 0) is 55.2 Å². The summed E-state index contributed by atoms with van der Waals surface area (Å²) in [5, 5.41) is 3.44. The monoisotopic (exact) mass is 535 g/mol. The van der Waals surface area contributed by atoms with Gasteiger partial charge in [0.25, 0.3) is 0 Å². The van der Waals surface area contributed by atoms with E-state index in [9.17, 15) is 18.0 Å². The average Bonchev–Trinajstić information content (AvgIpc) is 3.35. The number of carbonyl (C=O) groups excluding carboxylic acids is 2. The van der Waals surface area contributed by atoms with Gasteiger partial charge in [0.05, 0.1) is 19.1 Å². The minimum atomic E-state index is -3.81. The molecule has 196 valence electrons. The predicted molar refractivity (Wildman–Crippen MR) is 142 cm³/mol. The van der Waals surface area contributed by atoms with E-state index in [-0.39, 0.29) is 24.2 Å². The highest BCUT2D eigenvalue weighted by atomic mass is 35.5. The van der Waals surface area contributed by atoms with E-state index >= 15 is 0 Å². The summed E-state index contributed by atoms with van der Waals surface area (Å²) in [5.74, 6) is -0.0311. The molecule has 10 heteroatoms. The van der Waals surface area contributed by atoms with Gasteiger partial charge in [-0.2, -0.15) is 0 Å². The number of ether oxygens (including phenoxy) is 1. The quantitative estimate of drug-likeness (QED) is 0.469. The van der Waals surface area contributed by atoms with Crippen LogP contribution in [0.4, 0.5) is 5.69 Å². The lowest BCUT2D eigenvalue weighted by molar-refractivity contribution is -0.140. The van der Waals surface area contributed by atoms with E-state index in [0.29, 0.717) is 17.2 Å². The molecule has 2 aromatic carbocycles. The van der Waals surface area contributed by atoms with Gasteiger partial charge in [-0.15, -0.1) is 0 Å². The average molecular weight is 536 g/mol. The van der Waals surface area contributed by atoms with Crippen LogP contribution in [-0.4, -0.2) is 57.1 Å². The molecule has 0 aromatic heterocycles. The number of halogens is 1. The number of nitrogens with zero attached hydrogens (tertiary/aromatic N) is 2. The summed E-state index contributed by atoms with van der Waals surface area (Å²) in [6, 6.07) is 12.9. The van der Waals surface area contributed by atoms with Gasteiger partial charge in [0.15, 0.2) is 0 Å². The molecule has 1 saturated carbocycles. The van der Waals surface area contributed by atoms with Gasteiger partial charge in [-0.1, -0.05) is 49.6 Å². The number of carbonyl (C=O) groups is 2. The molecular formula is C26H34ClN3O5S. The summed E-state index contributed by atoms with van der Waals surface area (Å²) in [4.78, 5) is 28.5. The van der Waals surface area contributed by atoms with Crippen LogP contribution in [0.1, 0.15) is 44.6 Å². The third-order valence-corrected chi connectivity index (χ3v) is 7.75. The van der Waals surface area contributed by atoms with E-state index in [1.807, 2.05) is 19.1 Å². The summed E-state index contributed by atoms with van der Waals surface area (Å²) in [5.41, 5.74) is 1.08. The molecule has 0 saturated heterocycles. The minimum absolute atomic E-state index is 0.100. The summed E-state index contributed by atoms with van der Waals surface area (Å²) in [6.07, 6.45) is 5.41. The number of sulfonamides is 1. The summed E-state index contributed by atoms with van der Waals surface area (Å²) < 4.78 is 31.5.